The molecule has 2 aromatic carbocycles. The van der Waals surface area contributed by atoms with Crippen molar-refractivity contribution in [1.29, 1.82) is 0 Å². The van der Waals surface area contributed by atoms with E-state index in [9.17, 15) is 4.79 Å². The van der Waals surface area contributed by atoms with Gasteiger partial charge in [-0.15, -0.1) is 0 Å². The molecule has 2 saturated heterocycles. The third-order valence-electron chi connectivity index (χ3n) is 5.23. The Hall–Kier alpha value is -2.17. The Bertz CT molecular complexity index is 723. The highest BCUT2D eigenvalue weighted by atomic mass is 16.5. The Balaban J connectivity index is 1.60. The van der Waals surface area contributed by atoms with Crippen molar-refractivity contribution in [2.45, 2.75) is 13.0 Å². The number of anilines is 1. The minimum absolute atomic E-state index is 0.0156. The second-order valence-corrected chi connectivity index (χ2v) is 6.92. The average molecular weight is 336 g/mol. The molecule has 2 heterocycles. The molecule has 0 bridgehead atoms. The predicted octanol–water partition coefficient (Wildman–Crippen LogP) is 3.03. The maximum absolute atomic E-state index is 13.0. The number of hydrogen-bond acceptors (Lipinski definition) is 3. The van der Waals surface area contributed by atoms with E-state index in [1.54, 1.807) is 0 Å². The van der Waals surface area contributed by atoms with Gasteiger partial charge in [-0.25, -0.2) is 0 Å². The van der Waals surface area contributed by atoms with Crippen LogP contribution in [-0.2, 0) is 9.53 Å². The maximum atomic E-state index is 13.0. The van der Waals surface area contributed by atoms with Crippen LogP contribution in [0.4, 0.5) is 5.69 Å². The largest absolute Gasteiger partial charge is 0.379 e. The first-order chi connectivity index (χ1) is 12.2. The summed E-state index contributed by atoms with van der Waals surface area (Å²) in [6.07, 6.45) is 0. The predicted molar refractivity (Wildman–Crippen MR) is 98.6 cm³/mol. The maximum Gasteiger partial charge on any atom is 0.234 e. The van der Waals surface area contributed by atoms with E-state index in [0.29, 0.717) is 0 Å². The third-order valence-corrected chi connectivity index (χ3v) is 5.23. The fourth-order valence-electron chi connectivity index (χ4n) is 3.81. The summed E-state index contributed by atoms with van der Waals surface area (Å²) in [6, 6.07) is 18.7. The highest BCUT2D eigenvalue weighted by molar-refractivity contribution is 6.03. The lowest BCUT2D eigenvalue weighted by molar-refractivity contribution is -0.132. The van der Waals surface area contributed by atoms with E-state index in [4.69, 9.17) is 4.74 Å². The number of amides is 1. The lowest BCUT2D eigenvalue weighted by atomic mass is 9.81. The van der Waals surface area contributed by atoms with E-state index >= 15 is 0 Å². The standard InChI is InChI=1S/C21H24N2O2/c1-16-7-9-18(10-8-16)23-20(17-5-3-2-4-6-17)19(21(23)24)15-22-11-13-25-14-12-22/h2-10,19-20H,11-15H2,1H3/t19-,20+/m0/s1. The summed E-state index contributed by atoms with van der Waals surface area (Å²) in [4.78, 5) is 17.3. The molecule has 0 aliphatic carbocycles. The Labute approximate surface area is 149 Å². The molecule has 2 fully saturated rings. The highest BCUT2D eigenvalue weighted by Gasteiger charge is 2.49. The molecule has 4 rings (SSSR count). The van der Waals surface area contributed by atoms with Gasteiger partial charge in [-0.05, 0) is 24.6 Å². The van der Waals surface area contributed by atoms with Gasteiger partial charge in [-0.2, -0.15) is 0 Å². The number of rotatable bonds is 4. The van der Waals surface area contributed by atoms with Crippen molar-refractivity contribution in [3.63, 3.8) is 0 Å². The minimum atomic E-state index is 0.0156. The summed E-state index contributed by atoms with van der Waals surface area (Å²) in [5, 5.41) is 0. The van der Waals surface area contributed by atoms with Gasteiger partial charge in [0.05, 0.1) is 25.2 Å². The summed E-state index contributed by atoms with van der Waals surface area (Å²) in [5.41, 5.74) is 3.40. The molecule has 2 aliphatic rings. The van der Waals surface area contributed by atoms with Gasteiger partial charge in [-0.1, -0.05) is 48.0 Å². The Morgan fingerprint density at radius 2 is 1.68 bits per heavy atom. The first-order valence-corrected chi connectivity index (χ1v) is 8.99. The van der Waals surface area contributed by atoms with Crippen LogP contribution in [0.2, 0.25) is 0 Å². The van der Waals surface area contributed by atoms with Crippen LogP contribution in [0, 0.1) is 12.8 Å². The van der Waals surface area contributed by atoms with Crippen LogP contribution >= 0.6 is 0 Å². The van der Waals surface area contributed by atoms with Gasteiger partial charge in [0.2, 0.25) is 5.91 Å². The first kappa shape index (κ1) is 16.3. The van der Waals surface area contributed by atoms with Gasteiger partial charge in [-0.3, -0.25) is 9.69 Å². The number of nitrogens with zero attached hydrogens (tertiary/aromatic N) is 2. The van der Waals surface area contributed by atoms with Crippen molar-refractivity contribution in [2.24, 2.45) is 5.92 Å². The van der Waals surface area contributed by atoms with Gasteiger partial charge in [0, 0.05) is 25.3 Å². The lowest BCUT2D eigenvalue weighted by Crippen LogP contribution is -2.59. The van der Waals surface area contributed by atoms with Crippen molar-refractivity contribution in [1.82, 2.24) is 4.90 Å². The summed E-state index contributed by atoms with van der Waals surface area (Å²) < 4.78 is 5.44. The van der Waals surface area contributed by atoms with Crippen LogP contribution in [0.15, 0.2) is 54.6 Å². The summed E-state index contributed by atoms with van der Waals surface area (Å²) in [7, 11) is 0. The Kier molecular flexibility index (Phi) is 4.55. The zero-order chi connectivity index (χ0) is 17.2. The van der Waals surface area contributed by atoms with Gasteiger partial charge >= 0.3 is 0 Å². The molecule has 0 unspecified atom stereocenters. The third kappa shape index (κ3) is 3.20. The number of ether oxygens (including phenoxy) is 1. The van der Waals surface area contributed by atoms with E-state index in [1.807, 2.05) is 23.1 Å². The smallest absolute Gasteiger partial charge is 0.234 e. The molecule has 0 spiro atoms. The molecular weight excluding hydrogens is 312 g/mol. The molecule has 2 atom stereocenters. The molecule has 0 N–H and O–H groups in total. The van der Waals surface area contributed by atoms with Crippen LogP contribution < -0.4 is 4.90 Å². The number of β-lactam (4-membered cyclic amide) rings is 1. The summed E-state index contributed by atoms with van der Waals surface area (Å²) in [5.74, 6) is 0.242. The molecule has 4 heteroatoms. The Morgan fingerprint density at radius 3 is 2.36 bits per heavy atom. The number of hydrogen-bond donors (Lipinski definition) is 0. The number of carbonyl (C=O) groups is 1. The molecular formula is C21H24N2O2. The molecule has 25 heavy (non-hydrogen) atoms. The molecule has 130 valence electrons. The van der Waals surface area contributed by atoms with Crippen LogP contribution in [0.25, 0.3) is 0 Å². The van der Waals surface area contributed by atoms with Gasteiger partial charge < -0.3 is 9.64 Å². The molecule has 0 saturated carbocycles. The van der Waals surface area contributed by atoms with Crippen LogP contribution in [0.5, 0.6) is 0 Å². The normalized spacial score (nSPS) is 24.2. The second-order valence-electron chi connectivity index (χ2n) is 6.92. The zero-order valence-corrected chi connectivity index (χ0v) is 14.6. The lowest BCUT2D eigenvalue weighted by Gasteiger charge is -2.49. The Morgan fingerprint density at radius 1 is 1.00 bits per heavy atom. The minimum Gasteiger partial charge on any atom is -0.379 e. The molecule has 4 nitrogen and oxygen atoms in total. The van der Waals surface area contributed by atoms with Gasteiger partial charge in [0.25, 0.3) is 0 Å². The topological polar surface area (TPSA) is 32.8 Å². The highest BCUT2D eigenvalue weighted by Crippen LogP contribution is 2.43. The van der Waals surface area contributed by atoms with Crippen molar-refractivity contribution < 1.29 is 9.53 Å². The number of benzene rings is 2. The van der Waals surface area contributed by atoms with Crippen LogP contribution in [0.3, 0.4) is 0 Å². The van der Waals surface area contributed by atoms with Gasteiger partial charge in [0.15, 0.2) is 0 Å². The summed E-state index contributed by atoms with van der Waals surface area (Å²) in [6.45, 7) is 6.23. The molecule has 0 radical (unpaired) electrons. The van der Waals surface area contributed by atoms with Crippen molar-refractivity contribution >= 4 is 11.6 Å². The van der Waals surface area contributed by atoms with E-state index in [0.717, 1.165) is 38.5 Å². The molecule has 2 aliphatic heterocycles. The van der Waals surface area contributed by atoms with Crippen LogP contribution in [0.1, 0.15) is 17.2 Å². The van der Waals surface area contributed by atoms with Crippen molar-refractivity contribution in [2.75, 3.05) is 37.7 Å². The van der Waals surface area contributed by atoms with Crippen LogP contribution in [-0.4, -0.2) is 43.7 Å². The quantitative estimate of drug-likeness (QED) is 0.805. The second kappa shape index (κ2) is 6.98. The molecule has 2 aromatic rings. The number of morpholine rings is 1. The number of aryl methyl sites for hydroxylation is 1. The first-order valence-electron chi connectivity index (χ1n) is 8.99. The van der Waals surface area contributed by atoms with E-state index < -0.39 is 0 Å². The van der Waals surface area contributed by atoms with E-state index in [-0.39, 0.29) is 17.9 Å². The van der Waals surface area contributed by atoms with E-state index in [1.165, 1.54) is 11.1 Å². The zero-order valence-electron chi connectivity index (χ0n) is 14.6. The molecule has 1 amide bonds. The SMILES string of the molecule is Cc1ccc(N2C(=O)[C@@H](CN3CCOCC3)[C@H]2c2ccccc2)cc1. The van der Waals surface area contributed by atoms with Crippen molar-refractivity contribution in [3.8, 4) is 0 Å². The van der Waals surface area contributed by atoms with Gasteiger partial charge in [0.1, 0.15) is 0 Å². The monoisotopic (exact) mass is 336 g/mol. The fraction of sp³-hybridized carbons (Fsp3) is 0.381. The summed E-state index contributed by atoms with van der Waals surface area (Å²) >= 11 is 0. The average Bonchev–Trinajstić information content (AvgIpc) is 2.66. The number of carbonyl (C=O) groups excluding carboxylic acids is 1. The van der Waals surface area contributed by atoms with Crippen molar-refractivity contribution in [3.05, 3.63) is 65.7 Å². The fourth-order valence-corrected chi connectivity index (χ4v) is 3.81. The molecule has 0 aromatic heterocycles. The van der Waals surface area contributed by atoms with E-state index in [2.05, 4.69) is 48.2 Å².